The van der Waals surface area contributed by atoms with Crippen molar-refractivity contribution >= 4 is 11.8 Å². The number of urea groups is 1. The maximum absolute atomic E-state index is 12.7. The van der Waals surface area contributed by atoms with E-state index in [1.807, 2.05) is 13.8 Å². The van der Waals surface area contributed by atoms with Crippen LogP contribution in [0.15, 0.2) is 12.3 Å². The Morgan fingerprint density at radius 3 is 2.64 bits per heavy atom. The number of aromatic nitrogens is 5. The zero-order chi connectivity index (χ0) is 18.6. The van der Waals surface area contributed by atoms with E-state index in [1.165, 1.54) is 6.92 Å². The van der Waals surface area contributed by atoms with E-state index < -0.39 is 17.9 Å². The Bertz CT molecular complexity index is 742. The van der Waals surface area contributed by atoms with Crippen LogP contribution in [0.25, 0.3) is 0 Å². The molecule has 2 aromatic rings. The van der Waals surface area contributed by atoms with E-state index in [4.69, 9.17) is 0 Å². The molecule has 2 heterocycles. The minimum Gasteiger partial charge on any atom is -0.337 e. The predicted octanol–water partition coefficient (Wildman–Crippen LogP) is 2.34. The molecule has 2 amide bonds. The van der Waals surface area contributed by atoms with Crippen molar-refractivity contribution in [1.82, 2.24) is 30.3 Å². The molecule has 2 rings (SSSR count). The summed E-state index contributed by atoms with van der Waals surface area (Å²) in [7, 11) is 0. The largest absolute Gasteiger partial charge is 0.433 e. The summed E-state index contributed by atoms with van der Waals surface area (Å²) in [5.74, 6) is 0.288. The summed E-state index contributed by atoms with van der Waals surface area (Å²) in [6.07, 6.45) is -2.89. The molecule has 0 bridgehead atoms. The highest BCUT2D eigenvalue weighted by Crippen LogP contribution is 2.27. The molecule has 0 aliphatic rings. The molecule has 0 saturated heterocycles. The molecule has 0 aliphatic carbocycles. The molecule has 136 valence electrons. The zero-order valence-corrected chi connectivity index (χ0v) is 13.9. The van der Waals surface area contributed by atoms with Crippen LogP contribution in [0.5, 0.6) is 0 Å². The van der Waals surface area contributed by atoms with Crippen molar-refractivity contribution in [3.63, 3.8) is 0 Å². The van der Waals surface area contributed by atoms with Crippen LogP contribution in [-0.4, -0.2) is 37.5 Å². The van der Waals surface area contributed by atoms with Crippen molar-refractivity contribution in [3.05, 3.63) is 29.5 Å². The van der Waals surface area contributed by atoms with E-state index in [0.717, 1.165) is 6.07 Å². The van der Waals surface area contributed by atoms with E-state index in [2.05, 4.69) is 30.9 Å². The quantitative estimate of drug-likeness (QED) is 0.856. The molecule has 0 atom stereocenters. The molecule has 0 aromatic carbocycles. The second-order valence-corrected chi connectivity index (χ2v) is 5.62. The molecule has 0 aliphatic heterocycles. The lowest BCUT2D eigenvalue weighted by atomic mass is 10.3. The third kappa shape index (κ3) is 5.40. The summed E-state index contributed by atoms with van der Waals surface area (Å²) in [6.45, 7) is 5.36. The van der Waals surface area contributed by atoms with E-state index in [-0.39, 0.29) is 36.3 Å². The highest BCUT2D eigenvalue weighted by atomic mass is 19.4. The summed E-state index contributed by atoms with van der Waals surface area (Å²) >= 11 is 0. The average Bonchev–Trinajstić information content (AvgIpc) is 2.94. The minimum absolute atomic E-state index is 0.0124. The van der Waals surface area contributed by atoms with Crippen LogP contribution in [0.4, 0.5) is 23.8 Å². The van der Waals surface area contributed by atoms with Gasteiger partial charge in [0, 0.05) is 24.7 Å². The number of anilines is 1. The first-order valence-corrected chi connectivity index (χ1v) is 7.53. The summed E-state index contributed by atoms with van der Waals surface area (Å²) in [5, 5.41) is 12.6. The fourth-order valence-corrected chi connectivity index (χ4v) is 1.92. The number of carbonyl (C=O) groups is 1. The number of nitrogens with one attached hydrogen (secondary N) is 2. The van der Waals surface area contributed by atoms with Gasteiger partial charge in [0.25, 0.3) is 0 Å². The predicted molar refractivity (Wildman–Crippen MR) is 82.9 cm³/mol. The van der Waals surface area contributed by atoms with Crippen LogP contribution in [-0.2, 0) is 12.6 Å². The summed E-state index contributed by atoms with van der Waals surface area (Å²) in [5.41, 5.74) is -0.781. The third-order valence-electron chi connectivity index (χ3n) is 3.11. The van der Waals surface area contributed by atoms with Crippen molar-refractivity contribution in [1.29, 1.82) is 0 Å². The molecular weight excluding hydrogens is 339 g/mol. The maximum Gasteiger partial charge on any atom is 0.433 e. The van der Waals surface area contributed by atoms with Crippen molar-refractivity contribution < 1.29 is 18.0 Å². The molecular formula is C14H18F3N7O. The molecule has 2 aromatic heterocycles. The van der Waals surface area contributed by atoms with Gasteiger partial charge in [-0.1, -0.05) is 5.21 Å². The van der Waals surface area contributed by atoms with Gasteiger partial charge < -0.3 is 5.32 Å². The Hall–Kier alpha value is -2.72. The van der Waals surface area contributed by atoms with Crippen LogP contribution >= 0.6 is 0 Å². The fraction of sp³-hybridized carbons (Fsp3) is 0.500. The Kier molecular flexibility index (Phi) is 5.55. The molecule has 8 nitrogen and oxygen atoms in total. The summed E-state index contributed by atoms with van der Waals surface area (Å²) < 4.78 is 39.7. The van der Waals surface area contributed by atoms with Gasteiger partial charge in [0.2, 0.25) is 0 Å². The maximum atomic E-state index is 12.7. The van der Waals surface area contributed by atoms with Crippen LogP contribution in [0.1, 0.15) is 37.1 Å². The third-order valence-corrected chi connectivity index (χ3v) is 3.11. The number of nitrogens with zero attached hydrogens (tertiary/aromatic N) is 5. The second-order valence-electron chi connectivity index (χ2n) is 5.62. The zero-order valence-electron chi connectivity index (χ0n) is 13.9. The van der Waals surface area contributed by atoms with Crippen LogP contribution in [0.3, 0.4) is 0 Å². The van der Waals surface area contributed by atoms with Crippen molar-refractivity contribution in [2.45, 2.75) is 39.4 Å². The first-order valence-electron chi connectivity index (χ1n) is 7.53. The van der Waals surface area contributed by atoms with Crippen molar-refractivity contribution in [2.75, 3.05) is 11.9 Å². The van der Waals surface area contributed by atoms with Crippen molar-refractivity contribution in [3.8, 4) is 0 Å². The standard InChI is InChI=1S/C14H18F3N7O/c1-8(2)24-7-12(22-23-24)21-13(25)18-5-4-11-19-9(3)6-10(20-11)14(15,16)17/h6-8H,4-5H2,1-3H3,(H2,18,21,25). The summed E-state index contributed by atoms with van der Waals surface area (Å²) in [4.78, 5) is 19.2. The van der Waals surface area contributed by atoms with Crippen LogP contribution < -0.4 is 10.6 Å². The monoisotopic (exact) mass is 357 g/mol. The first-order chi connectivity index (χ1) is 11.6. The van der Waals surface area contributed by atoms with Gasteiger partial charge in [-0.3, -0.25) is 5.32 Å². The SMILES string of the molecule is Cc1cc(C(F)(F)F)nc(CCNC(=O)Nc2cn(C(C)C)nn2)n1. The number of hydrogen-bond acceptors (Lipinski definition) is 5. The van der Waals surface area contributed by atoms with Gasteiger partial charge in [-0.2, -0.15) is 13.2 Å². The van der Waals surface area contributed by atoms with Gasteiger partial charge in [-0.15, -0.1) is 5.10 Å². The van der Waals surface area contributed by atoms with Gasteiger partial charge >= 0.3 is 12.2 Å². The number of hydrogen-bond donors (Lipinski definition) is 2. The van der Waals surface area contributed by atoms with E-state index >= 15 is 0 Å². The molecule has 0 radical (unpaired) electrons. The number of halogens is 3. The van der Waals surface area contributed by atoms with E-state index in [9.17, 15) is 18.0 Å². The number of carbonyl (C=O) groups excluding carboxylic acids is 1. The van der Waals surface area contributed by atoms with Gasteiger partial charge in [-0.05, 0) is 26.8 Å². The number of amides is 2. The minimum atomic E-state index is -4.53. The average molecular weight is 357 g/mol. The topological polar surface area (TPSA) is 97.6 Å². The van der Waals surface area contributed by atoms with Gasteiger partial charge in [-0.25, -0.2) is 19.4 Å². The van der Waals surface area contributed by atoms with Crippen LogP contribution in [0.2, 0.25) is 0 Å². The highest BCUT2D eigenvalue weighted by molar-refractivity contribution is 5.87. The first kappa shape index (κ1) is 18.6. The molecule has 0 saturated carbocycles. The van der Waals surface area contributed by atoms with E-state index in [0.29, 0.717) is 0 Å². The van der Waals surface area contributed by atoms with Gasteiger partial charge in [0.05, 0.1) is 6.20 Å². The lowest BCUT2D eigenvalue weighted by Gasteiger charge is -2.09. The Balaban J connectivity index is 1.87. The van der Waals surface area contributed by atoms with Crippen LogP contribution in [0, 0.1) is 6.92 Å². The van der Waals surface area contributed by atoms with Crippen molar-refractivity contribution in [2.24, 2.45) is 0 Å². The smallest absolute Gasteiger partial charge is 0.337 e. The lowest BCUT2D eigenvalue weighted by molar-refractivity contribution is -0.141. The Morgan fingerprint density at radius 1 is 1.32 bits per heavy atom. The fourth-order valence-electron chi connectivity index (χ4n) is 1.92. The molecule has 2 N–H and O–H groups in total. The molecule has 0 fully saturated rings. The van der Waals surface area contributed by atoms with E-state index in [1.54, 1.807) is 10.9 Å². The molecule has 0 spiro atoms. The number of alkyl halides is 3. The number of aryl methyl sites for hydroxylation is 1. The molecule has 11 heteroatoms. The van der Waals surface area contributed by atoms with Gasteiger partial charge in [0.1, 0.15) is 11.5 Å². The normalized spacial score (nSPS) is 11.6. The molecule has 25 heavy (non-hydrogen) atoms. The molecule has 0 unspecified atom stereocenters. The second kappa shape index (κ2) is 7.45. The summed E-state index contributed by atoms with van der Waals surface area (Å²) in [6, 6.07) is 0.439. The Morgan fingerprint density at radius 2 is 2.04 bits per heavy atom. The van der Waals surface area contributed by atoms with Gasteiger partial charge in [0.15, 0.2) is 5.82 Å². The number of rotatable bonds is 5. The lowest BCUT2D eigenvalue weighted by Crippen LogP contribution is -2.31. The Labute approximate surface area is 141 Å². The highest BCUT2D eigenvalue weighted by Gasteiger charge is 2.33.